The van der Waals surface area contributed by atoms with Crippen molar-refractivity contribution in [2.24, 2.45) is 5.10 Å². The zero-order valence-corrected chi connectivity index (χ0v) is 20.9. The Morgan fingerprint density at radius 3 is 2.29 bits per heavy atom. The van der Waals surface area contributed by atoms with E-state index in [4.69, 9.17) is 14.2 Å². The maximum absolute atomic E-state index is 12.5. The molecule has 4 rings (SSSR count). The molecular formula is C27H27N5O6. The number of rotatable bonds is 9. The lowest BCUT2D eigenvalue weighted by atomic mass is 9.95. The van der Waals surface area contributed by atoms with Crippen LogP contribution in [0.1, 0.15) is 12.8 Å². The average molecular weight is 518 g/mol. The van der Waals surface area contributed by atoms with E-state index in [9.17, 15) is 14.4 Å². The standard InChI is InChI=1S/C25H25N5O6.C2H2/c1-30(21-5-3-4-15-26-21)29-17-6-8-18(9-7-17)35-19-10-12-20(13-11-19)36-25(14-16-34-2)22(31)27-24(33)28-23(25)32;1-2/h3-6,8-13,15H,7,14,16H2,1-2H3,(H2,27,28,31,32,33);1-2H/b29-17-;. The second-order valence-corrected chi connectivity index (χ2v) is 7.93. The van der Waals surface area contributed by atoms with Gasteiger partial charge in [-0.3, -0.25) is 25.2 Å². The number of carbonyl (C=O) groups is 3. The summed E-state index contributed by atoms with van der Waals surface area (Å²) in [5.41, 5.74) is -1.08. The summed E-state index contributed by atoms with van der Waals surface area (Å²) >= 11 is 0. The highest BCUT2D eigenvalue weighted by molar-refractivity contribution is 6.21. The second kappa shape index (κ2) is 12.8. The summed E-state index contributed by atoms with van der Waals surface area (Å²) in [6.07, 6.45) is 15.8. The number of urea groups is 1. The van der Waals surface area contributed by atoms with E-state index in [1.54, 1.807) is 35.5 Å². The van der Waals surface area contributed by atoms with Gasteiger partial charge in [-0.2, -0.15) is 5.10 Å². The minimum absolute atomic E-state index is 0.0691. The first-order chi connectivity index (χ1) is 18.4. The number of imide groups is 2. The number of aromatic nitrogens is 1. The SMILES string of the molecule is C#C.COCCC1(Oc2ccc(OC3=CC/C(=N\N(C)c4ccccn4)C=C3)cc2)C(=O)NC(=O)NC1=O. The van der Waals surface area contributed by atoms with Gasteiger partial charge in [0, 0.05) is 33.2 Å². The number of methoxy groups -OCH3 is 1. The molecule has 38 heavy (non-hydrogen) atoms. The molecule has 196 valence electrons. The predicted molar refractivity (Wildman–Crippen MR) is 140 cm³/mol. The molecule has 2 aromatic rings. The molecule has 2 heterocycles. The zero-order valence-electron chi connectivity index (χ0n) is 20.9. The Kier molecular flexibility index (Phi) is 9.34. The molecule has 1 fully saturated rings. The molecule has 1 aliphatic heterocycles. The first-order valence-electron chi connectivity index (χ1n) is 11.5. The van der Waals surface area contributed by atoms with Crippen LogP contribution in [-0.4, -0.2) is 54.9 Å². The fourth-order valence-electron chi connectivity index (χ4n) is 3.53. The van der Waals surface area contributed by atoms with Crippen LogP contribution < -0.4 is 25.1 Å². The fourth-order valence-corrected chi connectivity index (χ4v) is 3.53. The van der Waals surface area contributed by atoms with Crippen molar-refractivity contribution in [1.82, 2.24) is 15.6 Å². The van der Waals surface area contributed by atoms with E-state index in [0.717, 1.165) is 11.5 Å². The first-order valence-corrected chi connectivity index (χ1v) is 11.5. The van der Waals surface area contributed by atoms with Gasteiger partial charge in [0.2, 0.25) is 0 Å². The molecule has 1 aromatic carbocycles. The Balaban J connectivity index is 0.00000195. The van der Waals surface area contributed by atoms with Crippen LogP contribution in [0.4, 0.5) is 10.6 Å². The van der Waals surface area contributed by atoms with Gasteiger partial charge in [0.1, 0.15) is 23.1 Å². The van der Waals surface area contributed by atoms with Gasteiger partial charge in [-0.25, -0.2) is 9.78 Å². The summed E-state index contributed by atoms with van der Waals surface area (Å²) in [5, 5.41) is 10.4. The summed E-state index contributed by atoms with van der Waals surface area (Å²) in [6, 6.07) is 11.2. The minimum atomic E-state index is -1.93. The van der Waals surface area contributed by atoms with Crippen LogP contribution in [0.15, 0.2) is 77.8 Å². The van der Waals surface area contributed by atoms with Crippen molar-refractivity contribution in [2.45, 2.75) is 18.4 Å². The van der Waals surface area contributed by atoms with Crippen molar-refractivity contribution >= 4 is 29.4 Å². The summed E-state index contributed by atoms with van der Waals surface area (Å²) in [6.45, 7) is 0.0691. The normalized spacial score (nSPS) is 16.9. The van der Waals surface area contributed by atoms with Gasteiger partial charge in [-0.15, -0.1) is 12.8 Å². The van der Waals surface area contributed by atoms with Gasteiger partial charge in [-0.1, -0.05) is 6.07 Å². The summed E-state index contributed by atoms with van der Waals surface area (Å²) in [5.74, 6) is 0.463. The number of terminal acetylenes is 1. The van der Waals surface area contributed by atoms with E-state index >= 15 is 0 Å². The van der Waals surface area contributed by atoms with Gasteiger partial charge >= 0.3 is 6.03 Å². The largest absolute Gasteiger partial charge is 0.467 e. The topological polar surface area (TPSA) is 131 Å². The molecule has 2 N–H and O–H groups in total. The van der Waals surface area contributed by atoms with E-state index in [0.29, 0.717) is 17.9 Å². The molecule has 1 saturated heterocycles. The number of nitrogens with zero attached hydrogens (tertiary/aromatic N) is 3. The van der Waals surface area contributed by atoms with Crippen LogP contribution in [-0.2, 0) is 14.3 Å². The molecule has 1 aromatic heterocycles. The highest BCUT2D eigenvalue weighted by atomic mass is 16.5. The van der Waals surface area contributed by atoms with Crippen molar-refractivity contribution in [3.8, 4) is 24.3 Å². The number of amides is 4. The van der Waals surface area contributed by atoms with Crippen molar-refractivity contribution in [1.29, 1.82) is 0 Å². The lowest BCUT2D eigenvalue weighted by Crippen LogP contribution is -2.69. The third kappa shape index (κ3) is 6.63. The summed E-state index contributed by atoms with van der Waals surface area (Å²) in [4.78, 5) is 40.8. The molecule has 0 unspecified atom stereocenters. The highest BCUT2D eigenvalue weighted by Crippen LogP contribution is 2.27. The average Bonchev–Trinajstić information content (AvgIpc) is 2.94. The van der Waals surface area contributed by atoms with Crippen LogP contribution in [0.5, 0.6) is 11.5 Å². The quantitative estimate of drug-likeness (QED) is 0.295. The maximum Gasteiger partial charge on any atom is 0.328 e. The smallest absolute Gasteiger partial charge is 0.328 e. The molecule has 4 amide bonds. The Labute approximate surface area is 220 Å². The molecule has 0 radical (unpaired) electrons. The number of anilines is 1. The lowest BCUT2D eigenvalue weighted by Gasteiger charge is -2.34. The van der Waals surface area contributed by atoms with E-state index in [1.165, 1.54) is 7.11 Å². The zero-order chi connectivity index (χ0) is 27.5. The van der Waals surface area contributed by atoms with Crippen molar-refractivity contribution in [2.75, 3.05) is 25.8 Å². The maximum atomic E-state index is 12.5. The molecule has 2 aliphatic rings. The van der Waals surface area contributed by atoms with Gasteiger partial charge < -0.3 is 14.2 Å². The molecule has 11 nitrogen and oxygen atoms in total. The van der Waals surface area contributed by atoms with Gasteiger partial charge in [0.15, 0.2) is 0 Å². The molecule has 0 saturated carbocycles. The fraction of sp³-hybridized carbons (Fsp3) is 0.222. The molecule has 0 spiro atoms. The number of ether oxygens (including phenoxy) is 3. The second-order valence-electron chi connectivity index (χ2n) is 7.93. The monoisotopic (exact) mass is 517 g/mol. The molecule has 11 heteroatoms. The van der Waals surface area contributed by atoms with Crippen molar-refractivity contribution in [3.63, 3.8) is 0 Å². The van der Waals surface area contributed by atoms with E-state index in [1.807, 2.05) is 43.5 Å². The molecule has 0 atom stereocenters. The number of carbonyl (C=O) groups excluding carboxylic acids is 3. The Morgan fingerprint density at radius 2 is 1.71 bits per heavy atom. The molecular weight excluding hydrogens is 490 g/mol. The first kappa shape index (κ1) is 27.6. The van der Waals surface area contributed by atoms with E-state index < -0.39 is 23.4 Å². The number of allylic oxidation sites excluding steroid dienone is 3. The number of pyridine rings is 1. The number of barbiturate groups is 1. The predicted octanol–water partition coefficient (Wildman–Crippen LogP) is 2.57. The van der Waals surface area contributed by atoms with Crippen LogP contribution >= 0.6 is 0 Å². The third-order valence-corrected chi connectivity index (χ3v) is 5.41. The highest BCUT2D eigenvalue weighted by Gasteiger charge is 2.52. The van der Waals surface area contributed by atoms with Crippen molar-refractivity contribution in [3.05, 3.63) is 72.6 Å². The number of benzene rings is 1. The number of nitrogens with one attached hydrogen (secondary N) is 2. The Morgan fingerprint density at radius 1 is 1.03 bits per heavy atom. The number of hydrazone groups is 1. The van der Waals surface area contributed by atoms with Gasteiger partial charge in [0.25, 0.3) is 17.4 Å². The summed E-state index contributed by atoms with van der Waals surface area (Å²) < 4.78 is 16.7. The van der Waals surface area contributed by atoms with Gasteiger partial charge in [-0.05, 0) is 54.6 Å². The van der Waals surface area contributed by atoms with Crippen molar-refractivity contribution < 1.29 is 28.6 Å². The lowest BCUT2D eigenvalue weighted by molar-refractivity contribution is -0.153. The molecule has 0 bridgehead atoms. The molecule has 1 aliphatic carbocycles. The Bertz CT molecular complexity index is 1250. The summed E-state index contributed by atoms with van der Waals surface area (Å²) in [7, 11) is 3.27. The van der Waals surface area contributed by atoms with Crippen LogP contribution in [0.25, 0.3) is 0 Å². The number of hydrogen-bond donors (Lipinski definition) is 2. The van der Waals surface area contributed by atoms with E-state index in [-0.39, 0.29) is 18.8 Å². The number of hydrogen-bond acceptors (Lipinski definition) is 9. The van der Waals surface area contributed by atoms with Crippen LogP contribution in [0.3, 0.4) is 0 Å². The van der Waals surface area contributed by atoms with Gasteiger partial charge in [0.05, 0.1) is 12.3 Å². The Hall–Kier alpha value is -4.95. The third-order valence-electron chi connectivity index (χ3n) is 5.41. The minimum Gasteiger partial charge on any atom is -0.467 e. The van der Waals surface area contributed by atoms with E-state index in [2.05, 4.69) is 33.6 Å². The van der Waals surface area contributed by atoms with Crippen LogP contribution in [0.2, 0.25) is 0 Å². The van der Waals surface area contributed by atoms with Crippen LogP contribution in [0, 0.1) is 12.8 Å².